The molecule has 0 spiro atoms. The fraction of sp³-hybridized carbons (Fsp3) is 0.556. The van der Waals surface area contributed by atoms with Crippen LogP contribution in [0.4, 0.5) is 0 Å². The van der Waals surface area contributed by atoms with Gasteiger partial charge in [-0.3, -0.25) is 0 Å². The molecule has 2 heterocycles. The summed E-state index contributed by atoms with van der Waals surface area (Å²) in [5, 5.41) is 9.51. The van der Waals surface area contributed by atoms with Gasteiger partial charge < -0.3 is 0 Å². The predicted octanol–water partition coefficient (Wildman–Crippen LogP) is -1.19. The Morgan fingerprint density at radius 3 is 3.06 bits per heavy atom. The molecule has 7 heteroatoms. The van der Waals surface area contributed by atoms with Crippen molar-refractivity contribution in [3.63, 3.8) is 0 Å². The van der Waals surface area contributed by atoms with Gasteiger partial charge in [0, 0.05) is 0 Å². The number of ether oxygens (including phenoxy) is 1. The molecule has 0 radical (unpaired) electrons. The van der Waals surface area contributed by atoms with Crippen molar-refractivity contribution in [2.45, 2.75) is 23.5 Å². The van der Waals surface area contributed by atoms with Gasteiger partial charge in [-0.25, -0.2) is 0 Å². The van der Waals surface area contributed by atoms with E-state index >= 15 is 0 Å². The normalized spacial score (nSPS) is 24.9. The van der Waals surface area contributed by atoms with Crippen molar-refractivity contribution >= 4 is 15.0 Å². The molecule has 2 rings (SSSR count). The van der Waals surface area contributed by atoms with Gasteiger partial charge in [-0.15, -0.1) is 0 Å². The van der Waals surface area contributed by atoms with Crippen LogP contribution in [0.25, 0.3) is 0 Å². The maximum atomic E-state index is 11.5. The second-order valence-corrected chi connectivity index (χ2v) is 6.02. The summed E-state index contributed by atoms with van der Waals surface area (Å²) in [6, 6.07) is 0. The number of aromatic amines is 1. The summed E-state index contributed by atoms with van der Waals surface area (Å²) in [5.41, 5.74) is -0.360. The third kappa shape index (κ3) is 2.12. The minimum absolute atomic E-state index is 0.0203. The van der Waals surface area contributed by atoms with E-state index in [1.165, 1.54) is 10.8 Å². The van der Waals surface area contributed by atoms with E-state index in [0.29, 0.717) is 5.56 Å². The molecule has 2 atom stereocenters. The zero-order chi connectivity index (χ0) is 11.7. The third-order valence-electron chi connectivity index (χ3n) is 2.34. The standard InChI is InChI=1S/C9H12N2O4Se/c1-5-2-11(9(14)10-8(5)13)6-4-16-7(3-12)15-6/h2,6-7,12H,3-4H2,1H3,(H,10,13,14)/t6-,7-/m0/s1. The van der Waals surface area contributed by atoms with Gasteiger partial charge in [0.25, 0.3) is 0 Å². The Morgan fingerprint density at radius 2 is 2.44 bits per heavy atom. The van der Waals surface area contributed by atoms with Gasteiger partial charge in [-0.1, -0.05) is 0 Å². The summed E-state index contributed by atoms with van der Waals surface area (Å²) in [6.45, 7) is 1.62. The van der Waals surface area contributed by atoms with Crippen LogP contribution in [-0.2, 0) is 4.74 Å². The third-order valence-corrected chi connectivity index (χ3v) is 4.67. The fourth-order valence-electron chi connectivity index (χ4n) is 1.49. The molecule has 1 aliphatic rings. The minimum atomic E-state index is -0.463. The molecule has 6 nitrogen and oxygen atoms in total. The van der Waals surface area contributed by atoms with Crippen molar-refractivity contribution in [3.05, 3.63) is 32.6 Å². The molecule has 1 fully saturated rings. The van der Waals surface area contributed by atoms with Gasteiger partial charge in [-0.05, 0) is 0 Å². The number of aromatic nitrogens is 2. The quantitative estimate of drug-likeness (QED) is 0.671. The second kappa shape index (κ2) is 4.55. The van der Waals surface area contributed by atoms with Gasteiger partial charge in [0.2, 0.25) is 0 Å². The summed E-state index contributed by atoms with van der Waals surface area (Å²) in [4.78, 5) is 25.0. The van der Waals surface area contributed by atoms with Gasteiger partial charge in [0.05, 0.1) is 0 Å². The molecule has 1 aliphatic heterocycles. The molecule has 16 heavy (non-hydrogen) atoms. The van der Waals surface area contributed by atoms with Crippen molar-refractivity contribution in [3.8, 4) is 0 Å². The van der Waals surface area contributed by atoms with Crippen LogP contribution < -0.4 is 11.2 Å². The van der Waals surface area contributed by atoms with Crippen molar-refractivity contribution in [2.75, 3.05) is 6.61 Å². The molecule has 0 saturated carbocycles. The van der Waals surface area contributed by atoms with E-state index in [1.807, 2.05) is 0 Å². The summed E-state index contributed by atoms with van der Waals surface area (Å²) in [7, 11) is 0. The fourth-order valence-corrected chi connectivity index (χ4v) is 3.44. The van der Waals surface area contributed by atoms with Gasteiger partial charge in [0.1, 0.15) is 0 Å². The molecule has 1 saturated heterocycles. The Kier molecular flexibility index (Phi) is 3.30. The first-order valence-electron chi connectivity index (χ1n) is 4.82. The van der Waals surface area contributed by atoms with Crippen LogP contribution in [0.15, 0.2) is 15.8 Å². The first-order valence-corrected chi connectivity index (χ1v) is 7.02. The SMILES string of the molecule is Cc1cn([C@@H]2C[Se][C@@H](CO)O2)c(=O)[nH]c1=O. The number of hydrogen-bond donors (Lipinski definition) is 2. The molecule has 1 aromatic heterocycles. The van der Waals surface area contributed by atoms with Gasteiger partial charge in [0.15, 0.2) is 0 Å². The van der Waals surface area contributed by atoms with Gasteiger partial charge in [-0.2, -0.15) is 0 Å². The van der Waals surface area contributed by atoms with Crippen molar-refractivity contribution in [1.29, 1.82) is 0 Å². The number of aliphatic hydroxyl groups is 1. The van der Waals surface area contributed by atoms with E-state index in [-0.39, 0.29) is 38.4 Å². The Bertz CT molecular complexity index is 495. The van der Waals surface area contributed by atoms with Crippen molar-refractivity contribution in [1.82, 2.24) is 9.55 Å². The van der Waals surface area contributed by atoms with E-state index in [4.69, 9.17) is 9.84 Å². The molecule has 0 aliphatic carbocycles. The summed E-state index contributed by atoms with van der Waals surface area (Å²) < 4.78 is 6.87. The zero-order valence-electron chi connectivity index (χ0n) is 8.67. The molecule has 1 aromatic rings. The van der Waals surface area contributed by atoms with Crippen molar-refractivity contribution < 1.29 is 9.84 Å². The van der Waals surface area contributed by atoms with Crippen LogP contribution in [0.5, 0.6) is 0 Å². The average Bonchev–Trinajstić information content (AvgIpc) is 2.71. The number of hydrogen-bond acceptors (Lipinski definition) is 4. The van der Waals surface area contributed by atoms with Crippen molar-refractivity contribution in [2.24, 2.45) is 0 Å². The molecule has 0 bridgehead atoms. The number of nitrogens with one attached hydrogen (secondary N) is 1. The molecule has 2 N–H and O–H groups in total. The second-order valence-electron chi connectivity index (χ2n) is 3.51. The average molecular weight is 291 g/mol. The van der Waals surface area contributed by atoms with E-state index in [0.717, 1.165) is 5.32 Å². The van der Waals surface area contributed by atoms with Crippen LogP contribution in [0.1, 0.15) is 11.8 Å². The predicted molar refractivity (Wildman–Crippen MR) is 57.6 cm³/mol. The van der Waals surface area contributed by atoms with Crippen LogP contribution in [0, 0.1) is 6.92 Å². The van der Waals surface area contributed by atoms with E-state index < -0.39 is 5.69 Å². The number of aliphatic hydroxyl groups excluding tert-OH is 1. The molecule has 0 unspecified atom stereocenters. The first-order chi connectivity index (χ1) is 7.61. The number of rotatable bonds is 2. The maximum absolute atomic E-state index is 11.5. The van der Waals surface area contributed by atoms with Crippen LogP contribution in [-0.4, -0.2) is 41.2 Å². The summed E-state index contributed by atoms with van der Waals surface area (Å²) in [5.74, 6) is 0. The Morgan fingerprint density at radius 1 is 1.69 bits per heavy atom. The Hall–Kier alpha value is -0.881. The van der Waals surface area contributed by atoms with E-state index in [2.05, 4.69) is 4.98 Å². The van der Waals surface area contributed by atoms with E-state index in [9.17, 15) is 9.59 Å². The zero-order valence-corrected chi connectivity index (χ0v) is 10.4. The van der Waals surface area contributed by atoms with Crippen LogP contribution in [0.2, 0.25) is 5.32 Å². The molecular weight excluding hydrogens is 279 g/mol. The molecule has 88 valence electrons. The van der Waals surface area contributed by atoms with Crippen LogP contribution in [0.3, 0.4) is 0 Å². The Balaban J connectivity index is 2.32. The summed E-state index contributed by atoms with van der Waals surface area (Å²) in [6.07, 6.45) is 1.14. The Labute approximate surface area is 97.4 Å². The summed E-state index contributed by atoms with van der Waals surface area (Å²) >= 11 is 0.170. The molecular formula is C9H12N2O4Se. The molecule has 0 aromatic carbocycles. The number of H-pyrrole nitrogens is 1. The topological polar surface area (TPSA) is 84.3 Å². The monoisotopic (exact) mass is 292 g/mol. The first kappa shape index (κ1) is 11.6. The number of nitrogens with zero attached hydrogens (tertiary/aromatic N) is 1. The van der Waals surface area contributed by atoms with Gasteiger partial charge >= 0.3 is 97.0 Å². The van der Waals surface area contributed by atoms with Crippen LogP contribution >= 0.6 is 0 Å². The van der Waals surface area contributed by atoms with E-state index in [1.54, 1.807) is 6.92 Å². The molecule has 0 amide bonds. The number of aryl methyl sites for hydroxylation is 1.